The van der Waals surface area contributed by atoms with E-state index in [0.29, 0.717) is 29.7 Å². The van der Waals surface area contributed by atoms with E-state index in [1.165, 1.54) is 18.4 Å². The molecule has 0 saturated carbocycles. The summed E-state index contributed by atoms with van der Waals surface area (Å²) in [5, 5.41) is 4.02. The van der Waals surface area contributed by atoms with Gasteiger partial charge >= 0.3 is 0 Å². The van der Waals surface area contributed by atoms with Crippen LogP contribution in [0.5, 0.6) is 11.5 Å². The van der Waals surface area contributed by atoms with Crippen LogP contribution in [0.15, 0.2) is 36.4 Å². The minimum absolute atomic E-state index is 0.468. The van der Waals surface area contributed by atoms with Crippen molar-refractivity contribution in [2.75, 3.05) is 13.2 Å². The fourth-order valence-corrected chi connectivity index (χ4v) is 2.91. The number of nitrogens with one attached hydrogen (secondary N) is 1. The fraction of sp³-hybridized carbons (Fsp3) is 0.429. The average molecular weight is 362 g/mol. The van der Waals surface area contributed by atoms with Crippen LogP contribution in [0.25, 0.3) is 0 Å². The molecule has 2 aromatic rings. The first-order chi connectivity index (χ1) is 12.1. The zero-order valence-electron chi connectivity index (χ0n) is 15.4. The van der Waals surface area contributed by atoms with Gasteiger partial charge in [0.25, 0.3) is 0 Å². The van der Waals surface area contributed by atoms with Crippen molar-refractivity contribution in [3.8, 4) is 11.5 Å². The van der Waals surface area contributed by atoms with Gasteiger partial charge in [-0.2, -0.15) is 0 Å². The van der Waals surface area contributed by atoms with Crippen molar-refractivity contribution in [1.29, 1.82) is 0 Å². The Morgan fingerprint density at radius 2 is 1.88 bits per heavy atom. The van der Waals surface area contributed by atoms with E-state index in [1.807, 2.05) is 31.2 Å². The molecule has 0 atom stereocenters. The molecule has 0 spiro atoms. The van der Waals surface area contributed by atoms with Crippen LogP contribution in [0.4, 0.5) is 0 Å². The van der Waals surface area contributed by atoms with E-state index in [2.05, 4.69) is 31.3 Å². The lowest BCUT2D eigenvalue weighted by Crippen LogP contribution is -2.14. The van der Waals surface area contributed by atoms with Gasteiger partial charge in [-0.05, 0) is 50.1 Å². The topological polar surface area (TPSA) is 30.5 Å². The summed E-state index contributed by atoms with van der Waals surface area (Å²) < 4.78 is 11.7. The normalized spacial score (nSPS) is 10.7. The number of hydrogen-bond donors (Lipinski definition) is 1. The van der Waals surface area contributed by atoms with Crippen molar-refractivity contribution in [1.82, 2.24) is 5.32 Å². The smallest absolute Gasteiger partial charge is 0.180 e. The lowest BCUT2D eigenvalue weighted by atomic mass is 10.1. The second-order valence-electron chi connectivity index (χ2n) is 6.15. The molecule has 0 saturated heterocycles. The third kappa shape index (κ3) is 6.26. The molecular formula is C21H28ClNO2. The molecule has 25 heavy (non-hydrogen) atoms. The van der Waals surface area contributed by atoms with Crippen molar-refractivity contribution in [3.63, 3.8) is 0 Å². The zero-order chi connectivity index (χ0) is 18.1. The van der Waals surface area contributed by atoms with Crippen molar-refractivity contribution >= 4 is 11.6 Å². The molecule has 136 valence electrons. The minimum atomic E-state index is 0.468. The van der Waals surface area contributed by atoms with Gasteiger partial charge in [-0.15, -0.1) is 0 Å². The van der Waals surface area contributed by atoms with E-state index < -0.39 is 0 Å². The number of ether oxygens (including phenoxy) is 2. The number of aryl methyl sites for hydroxylation is 1. The maximum Gasteiger partial charge on any atom is 0.180 e. The molecule has 0 bridgehead atoms. The van der Waals surface area contributed by atoms with Gasteiger partial charge in [0, 0.05) is 6.54 Å². The number of rotatable bonds is 10. The summed E-state index contributed by atoms with van der Waals surface area (Å²) in [6.07, 6.45) is 2.35. The summed E-state index contributed by atoms with van der Waals surface area (Å²) in [5.41, 5.74) is 3.43. The van der Waals surface area contributed by atoms with Gasteiger partial charge in [0.2, 0.25) is 0 Å². The number of unbranched alkanes of at least 4 members (excludes halogenated alkanes) is 1. The third-order valence-electron chi connectivity index (χ3n) is 3.87. The lowest BCUT2D eigenvalue weighted by molar-refractivity contribution is 0.269. The summed E-state index contributed by atoms with van der Waals surface area (Å²) in [6.45, 7) is 9.04. The molecule has 0 aliphatic carbocycles. The standard InChI is InChI=1S/C21H28ClNO2/c1-4-6-10-23-14-18-12-19(22)21(20(13-18)24-5-2)25-15-17-9-7-8-16(3)11-17/h7-9,11-13,23H,4-6,10,14-15H2,1-3H3. The number of hydrogen-bond acceptors (Lipinski definition) is 3. The Morgan fingerprint density at radius 1 is 1.04 bits per heavy atom. The van der Waals surface area contributed by atoms with Crippen LogP contribution in [0.2, 0.25) is 5.02 Å². The maximum absolute atomic E-state index is 6.48. The molecular weight excluding hydrogens is 334 g/mol. The number of benzene rings is 2. The minimum Gasteiger partial charge on any atom is -0.490 e. The van der Waals surface area contributed by atoms with Crippen molar-refractivity contribution < 1.29 is 9.47 Å². The monoisotopic (exact) mass is 361 g/mol. The van der Waals surface area contributed by atoms with E-state index >= 15 is 0 Å². The predicted octanol–water partition coefficient (Wildman–Crippen LogP) is 5.52. The summed E-state index contributed by atoms with van der Waals surface area (Å²) in [5.74, 6) is 1.32. The van der Waals surface area contributed by atoms with Crippen molar-refractivity contribution in [3.05, 3.63) is 58.1 Å². The maximum atomic E-state index is 6.48. The molecule has 0 heterocycles. The van der Waals surface area contributed by atoms with Crippen LogP contribution >= 0.6 is 11.6 Å². The van der Waals surface area contributed by atoms with Gasteiger partial charge in [-0.25, -0.2) is 0 Å². The van der Waals surface area contributed by atoms with E-state index in [4.69, 9.17) is 21.1 Å². The first-order valence-corrected chi connectivity index (χ1v) is 9.36. The summed E-state index contributed by atoms with van der Waals surface area (Å²) in [7, 11) is 0. The van der Waals surface area contributed by atoms with Crippen molar-refractivity contribution in [2.24, 2.45) is 0 Å². The van der Waals surface area contributed by atoms with E-state index in [0.717, 1.165) is 24.2 Å². The molecule has 0 unspecified atom stereocenters. The summed E-state index contributed by atoms with van der Waals surface area (Å²) >= 11 is 6.48. The Balaban J connectivity index is 2.10. The van der Waals surface area contributed by atoms with Crippen LogP contribution in [0, 0.1) is 6.92 Å². The van der Waals surface area contributed by atoms with Crippen LogP contribution in [-0.2, 0) is 13.2 Å². The van der Waals surface area contributed by atoms with Crippen molar-refractivity contribution in [2.45, 2.75) is 46.8 Å². The van der Waals surface area contributed by atoms with Gasteiger partial charge < -0.3 is 14.8 Å². The van der Waals surface area contributed by atoms with Gasteiger partial charge in [0.05, 0.1) is 11.6 Å². The first-order valence-electron chi connectivity index (χ1n) is 8.98. The molecule has 3 nitrogen and oxygen atoms in total. The molecule has 0 radical (unpaired) electrons. The highest BCUT2D eigenvalue weighted by atomic mass is 35.5. The Morgan fingerprint density at radius 3 is 2.60 bits per heavy atom. The van der Waals surface area contributed by atoms with Gasteiger partial charge in [-0.3, -0.25) is 0 Å². The largest absolute Gasteiger partial charge is 0.490 e. The zero-order valence-corrected chi connectivity index (χ0v) is 16.2. The molecule has 2 aromatic carbocycles. The van der Waals surface area contributed by atoms with Crippen LogP contribution < -0.4 is 14.8 Å². The third-order valence-corrected chi connectivity index (χ3v) is 4.15. The van der Waals surface area contributed by atoms with E-state index in [-0.39, 0.29) is 0 Å². The molecule has 2 rings (SSSR count). The van der Waals surface area contributed by atoms with E-state index in [1.54, 1.807) is 0 Å². The molecule has 1 N–H and O–H groups in total. The quantitative estimate of drug-likeness (QED) is 0.565. The highest BCUT2D eigenvalue weighted by Gasteiger charge is 2.13. The average Bonchev–Trinajstić information content (AvgIpc) is 2.58. The number of halogens is 1. The molecule has 0 amide bonds. The molecule has 0 aliphatic rings. The van der Waals surface area contributed by atoms with Crippen LogP contribution in [0.1, 0.15) is 43.4 Å². The Labute approximate surface area is 156 Å². The molecule has 0 aromatic heterocycles. The first kappa shape index (κ1) is 19.6. The van der Waals surface area contributed by atoms with Crippen LogP contribution in [-0.4, -0.2) is 13.2 Å². The lowest BCUT2D eigenvalue weighted by Gasteiger charge is -2.16. The fourth-order valence-electron chi connectivity index (χ4n) is 2.62. The summed E-state index contributed by atoms with van der Waals surface area (Å²) in [6, 6.07) is 12.2. The molecule has 0 aliphatic heterocycles. The predicted molar refractivity (Wildman–Crippen MR) is 105 cm³/mol. The van der Waals surface area contributed by atoms with E-state index in [9.17, 15) is 0 Å². The summed E-state index contributed by atoms with van der Waals surface area (Å²) in [4.78, 5) is 0. The molecule has 0 fully saturated rings. The highest BCUT2D eigenvalue weighted by Crippen LogP contribution is 2.37. The van der Waals surface area contributed by atoms with Gasteiger partial charge in [-0.1, -0.05) is 54.8 Å². The van der Waals surface area contributed by atoms with Gasteiger partial charge in [0.1, 0.15) is 6.61 Å². The van der Waals surface area contributed by atoms with Crippen LogP contribution in [0.3, 0.4) is 0 Å². The second kappa shape index (κ2) is 10.3. The Hall–Kier alpha value is -1.71. The Kier molecular flexibility index (Phi) is 8.10. The Bertz CT molecular complexity index is 673. The molecule has 4 heteroatoms. The SMILES string of the molecule is CCCCNCc1cc(Cl)c(OCc2cccc(C)c2)c(OCC)c1. The second-order valence-corrected chi connectivity index (χ2v) is 6.55. The highest BCUT2D eigenvalue weighted by molar-refractivity contribution is 6.32. The van der Waals surface area contributed by atoms with Gasteiger partial charge in [0.15, 0.2) is 11.5 Å².